The Morgan fingerprint density at radius 3 is 2.52 bits per heavy atom. The van der Waals surface area contributed by atoms with Crippen molar-refractivity contribution in [3.05, 3.63) is 77.9 Å². The van der Waals surface area contributed by atoms with Crippen molar-refractivity contribution in [2.24, 2.45) is 0 Å². The smallest absolute Gasteiger partial charge is 0.337 e. The van der Waals surface area contributed by atoms with Gasteiger partial charge in [0, 0.05) is 17.2 Å². The second-order valence-electron chi connectivity index (χ2n) is 7.29. The van der Waals surface area contributed by atoms with Crippen molar-refractivity contribution < 1.29 is 13.9 Å². The maximum absolute atomic E-state index is 15.3. The number of imidazole rings is 1. The lowest BCUT2D eigenvalue weighted by Crippen LogP contribution is -2.00. The van der Waals surface area contributed by atoms with Crippen LogP contribution < -0.4 is 0 Å². The van der Waals surface area contributed by atoms with Gasteiger partial charge in [-0.15, -0.1) is 0 Å². The Kier molecular flexibility index (Phi) is 5.58. The van der Waals surface area contributed by atoms with Crippen LogP contribution >= 0.6 is 0 Å². The maximum atomic E-state index is 15.3. The van der Waals surface area contributed by atoms with Gasteiger partial charge in [-0.2, -0.15) is 0 Å². The molecule has 156 valence electrons. The summed E-state index contributed by atoms with van der Waals surface area (Å²) in [5.74, 6) is -0.855. The van der Waals surface area contributed by atoms with Crippen molar-refractivity contribution in [2.75, 3.05) is 7.11 Å². The summed E-state index contributed by atoms with van der Waals surface area (Å²) >= 11 is 0. The molecular formula is C24H21FN4O2. The van der Waals surface area contributed by atoms with E-state index in [-0.39, 0.29) is 6.04 Å². The highest BCUT2D eigenvalue weighted by molar-refractivity contribution is 5.93. The summed E-state index contributed by atoms with van der Waals surface area (Å²) in [6.07, 6.45) is 4.62. The molecule has 0 saturated carbocycles. The Morgan fingerprint density at radius 2 is 1.81 bits per heavy atom. The molecule has 0 aliphatic heterocycles. The van der Waals surface area contributed by atoms with Gasteiger partial charge in [0.25, 0.3) is 0 Å². The van der Waals surface area contributed by atoms with Crippen molar-refractivity contribution in [3.63, 3.8) is 0 Å². The highest BCUT2D eigenvalue weighted by Crippen LogP contribution is 2.33. The summed E-state index contributed by atoms with van der Waals surface area (Å²) in [7, 11) is 1.32. The molecule has 0 radical (unpaired) electrons. The molecule has 0 spiro atoms. The van der Waals surface area contributed by atoms with E-state index in [2.05, 4.69) is 15.0 Å². The minimum Gasteiger partial charge on any atom is -0.465 e. The number of methoxy groups -OCH3 is 1. The lowest BCUT2D eigenvalue weighted by molar-refractivity contribution is 0.0600. The van der Waals surface area contributed by atoms with Gasteiger partial charge in [-0.1, -0.05) is 36.4 Å². The van der Waals surface area contributed by atoms with E-state index in [0.717, 1.165) is 0 Å². The van der Waals surface area contributed by atoms with Crippen LogP contribution in [0, 0.1) is 0 Å². The quantitative estimate of drug-likeness (QED) is 0.325. The Labute approximate surface area is 179 Å². The number of hydrogen-bond donors (Lipinski definition) is 0. The van der Waals surface area contributed by atoms with Gasteiger partial charge in [0.05, 0.1) is 19.0 Å². The van der Waals surface area contributed by atoms with E-state index in [4.69, 9.17) is 4.74 Å². The Morgan fingerprint density at radius 1 is 1.06 bits per heavy atom. The lowest BCUT2D eigenvalue weighted by atomic mass is 10.0. The minimum atomic E-state index is -0.435. The molecule has 0 atom stereocenters. The number of nitrogens with zero attached hydrogens (tertiary/aromatic N) is 4. The first-order chi connectivity index (χ1) is 15.0. The van der Waals surface area contributed by atoms with Gasteiger partial charge in [-0.25, -0.2) is 24.1 Å². The summed E-state index contributed by atoms with van der Waals surface area (Å²) in [5, 5.41) is 0. The van der Waals surface area contributed by atoms with Crippen molar-refractivity contribution >= 4 is 29.0 Å². The van der Waals surface area contributed by atoms with Gasteiger partial charge in [0.2, 0.25) is 0 Å². The SMILES string of the molecule is COC(=O)c1ccc(/C=C(\F)c2ccccc2-c2ncnc3c2ncn3C(C)C)cc1. The van der Waals surface area contributed by atoms with E-state index in [1.807, 2.05) is 30.5 Å². The molecule has 0 fully saturated rings. The monoisotopic (exact) mass is 416 g/mol. The zero-order valence-corrected chi connectivity index (χ0v) is 17.4. The van der Waals surface area contributed by atoms with Gasteiger partial charge in [-0.05, 0) is 37.6 Å². The van der Waals surface area contributed by atoms with Crippen LogP contribution in [0.1, 0.15) is 41.4 Å². The molecule has 6 nitrogen and oxygen atoms in total. The Balaban J connectivity index is 1.77. The summed E-state index contributed by atoms with van der Waals surface area (Å²) in [6.45, 7) is 4.09. The molecule has 4 aromatic rings. The van der Waals surface area contributed by atoms with Crippen LogP contribution in [-0.2, 0) is 4.74 Å². The summed E-state index contributed by atoms with van der Waals surface area (Å²) in [5.41, 5.74) is 3.96. The number of rotatable bonds is 5. The van der Waals surface area contributed by atoms with Gasteiger partial charge in [-0.3, -0.25) is 0 Å². The normalized spacial score (nSPS) is 11.8. The van der Waals surface area contributed by atoms with Crippen molar-refractivity contribution in [1.29, 1.82) is 0 Å². The van der Waals surface area contributed by atoms with Crippen molar-refractivity contribution in [3.8, 4) is 11.3 Å². The van der Waals surface area contributed by atoms with Gasteiger partial charge in [0.15, 0.2) is 5.65 Å². The molecule has 0 aliphatic carbocycles. The molecule has 0 unspecified atom stereocenters. The molecular weight excluding hydrogens is 395 g/mol. The fraction of sp³-hybridized carbons (Fsp3) is 0.167. The van der Waals surface area contributed by atoms with Gasteiger partial charge >= 0.3 is 5.97 Å². The number of benzene rings is 2. The molecule has 0 bridgehead atoms. The number of carbonyl (C=O) groups excluding carboxylic acids is 1. The highest BCUT2D eigenvalue weighted by atomic mass is 19.1. The third-order valence-corrected chi connectivity index (χ3v) is 4.98. The van der Waals surface area contributed by atoms with Crippen LogP contribution in [-0.4, -0.2) is 32.6 Å². The third kappa shape index (κ3) is 3.94. The van der Waals surface area contributed by atoms with E-state index in [9.17, 15) is 4.79 Å². The number of fused-ring (bicyclic) bond motifs is 1. The number of carbonyl (C=O) groups is 1. The van der Waals surface area contributed by atoms with E-state index < -0.39 is 11.8 Å². The first-order valence-electron chi connectivity index (χ1n) is 9.82. The molecule has 2 aromatic carbocycles. The second-order valence-corrected chi connectivity index (χ2v) is 7.29. The highest BCUT2D eigenvalue weighted by Gasteiger charge is 2.17. The van der Waals surface area contributed by atoms with Crippen molar-refractivity contribution in [2.45, 2.75) is 19.9 Å². The second kappa shape index (κ2) is 8.47. The molecule has 0 N–H and O–H groups in total. The average molecular weight is 416 g/mol. The molecule has 2 heterocycles. The van der Waals surface area contributed by atoms with Crippen LogP contribution in [0.15, 0.2) is 61.2 Å². The number of ether oxygens (including phenoxy) is 1. The predicted octanol–water partition coefficient (Wildman–Crippen LogP) is 5.33. The van der Waals surface area contributed by atoms with Crippen LogP contribution in [0.2, 0.25) is 0 Å². The summed E-state index contributed by atoms with van der Waals surface area (Å²) < 4.78 is 22.0. The number of esters is 1. The molecule has 2 aromatic heterocycles. The maximum Gasteiger partial charge on any atom is 0.337 e. The first-order valence-corrected chi connectivity index (χ1v) is 9.82. The van der Waals surface area contributed by atoms with Crippen LogP contribution in [0.5, 0.6) is 0 Å². The zero-order chi connectivity index (χ0) is 22.0. The van der Waals surface area contributed by atoms with Gasteiger partial charge in [0.1, 0.15) is 23.4 Å². The van der Waals surface area contributed by atoms with Crippen LogP contribution in [0.4, 0.5) is 4.39 Å². The Bertz CT molecular complexity index is 1280. The van der Waals surface area contributed by atoms with E-state index >= 15 is 4.39 Å². The summed E-state index contributed by atoms with van der Waals surface area (Å²) in [4.78, 5) is 24.8. The zero-order valence-electron chi connectivity index (χ0n) is 17.4. The number of halogens is 1. The molecule has 0 aliphatic rings. The number of aromatic nitrogens is 4. The third-order valence-electron chi connectivity index (χ3n) is 4.98. The predicted molar refractivity (Wildman–Crippen MR) is 118 cm³/mol. The molecule has 0 saturated heterocycles. The summed E-state index contributed by atoms with van der Waals surface area (Å²) in [6, 6.07) is 13.9. The number of hydrogen-bond acceptors (Lipinski definition) is 5. The van der Waals surface area contributed by atoms with Crippen molar-refractivity contribution in [1.82, 2.24) is 19.5 Å². The minimum absolute atomic E-state index is 0.188. The Hall–Kier alpha value is -3.87. The fourth-order valence-corrected chi connectivity index (χ4v) is 3.38. The largest absolute Gasteiger partial charge is 0.465 e. The first kappa shape index (κ1) is 20.4. The standard InChI is InChI=1S/C24H21FN4O2/c1-15(2)29-14-28-22-21(26-13-27-23(22)29)19-7-5-4-6-18(19)20(25)12-16-8-10-17(11-9-16)24(30)31-3/h4-15H,1-3H3/b20-12-. The van der Waals surface area contributed by atoms with E-state index in [1.54, 1.807) is 42.7 Å². The topological polar surface area (TPSA) is 69.9 Å². The molecule has 0 amide bonds. The van der Waals surface area contributed by atoms with Gasteiger partial charge < -0.3 is 9.30 Å². The van der Waals surface area contributed by atoms with Crippen LogP contribution in [0.3, 0.4) is 0 Å². The molecule has 7 heteroatoms. The average Bonchev–Trinajstić information content (AvgIpc) is 3.24. The molecule has 31 heavy (non-hydrogen) atoms. The molecule has 4 rings (SSSR count). The van der Waals surface area contributed by atoms with E-state index in [0.29, 0.717) is 39.1 Å². The van der Waals surface area contributed by atoms with E-state index in [1.165, 1.54) is 19.5 Å². The lowest BCUT2D eigenvalue weighted by Gasteiger charge is -2.10. The van der Waals surface area contributed by atoms with Crippen LogP contribution in [0.25, 0.3) is 34.3 Å². The fourth-order valence-electron chi connectivity index (χ4n) is 3.38.